The third kappa shape index (κ3) is 32.3. The van der Waals surface area contributed by atoms with E-state index in [1.165, 1.54) is 19.3 Å². The molecule has 0 aromatic rings. The molecule has 0 saturated carbocycles. The molecule has 1 saturated heterocycles. The smallest absolute Gasteiger partial charge is 0.472 e. The van der Waals surface area contributed by atoms with Crippen LogP contribution in [0.2, 0.25) is 0 Å². The first-order valence-electron chi connectivity index (χ1n) is 20.7. The predicted molar refractivity (Wildman–Crippen MR) is 225 cm³/mol. The summed E-state index contributed by atoms with van der Waals surface area (Å²) in [6.45, 7) is 2.52. The molecule has 0 aromatic heterocycles. The molecule has 1 aliphatic rings. The monoisotopic (exact) mass is 819 g/mol. The standard InChI is InChI=1S/C44H70NO11P/c1-3-5-7-9-11-12-13-14-15-16-17-18-21-25-29-33-42(46)52-35-38(36-53-57(50,51)54-37-39(45)44(48)49)55-43(47)34-30-26-22-19-20-24-28-32-41-40(56-41)31-27-23-10-8-6-4-2/h5,7,11-12,14-15,17-19,22-24,27-28,38-41H,3-4,6,8-10,13,16,20-21,25-26,29-37,45H2,1-2H3,(H,48,49)(H,50,51)/b7-5-,12-11-,15-14-,18-17-,22-19-,27-23-,28-24-/t38-,39+,40?,41?/m1/s1. The van der Waals surface area contributed by atoms with Crippen LogP contribution >= 0.6 is 7.82 Å². The molecule has 1 aliphatic heterocycles. The van der Waals surface area contributed by atoms with Crippen LogP contribution in [0.25, 0.3) is 0 Å². The van der Waals surface area contributed by atoms with Crippen LogP contribution in [0.4, 0.5) is 0 Å². The number of phosphoric ester groups is 1. The van der Waals surface area contributed by atoms with Gasteiger partial charge in [0.25, 0.3) is 0 Å². The Hall–Kier alpha value is -3.38. The number of aliphatic carboxylic acids is 1. The van der Waals surface area contributed by atoms with E-state index in [4.69, 9.17) is 29.6 Å². The minimum atomic E-state index is -4.75. The Morgan fingerprint density at radius 2 is 1.14 bits per heavy atom. The molecule has 3 unspecified atom stereocenters. The summed E-state index contributed by atoms with van der Waals surface area (Å²) in [5.41, 5.74) is 5.32. The number of allylic oxidation sites excluding steroid dienone is 12. The van der Waals surface area contributed by atoms with Gasteiger partial charge in [0.1, 0.15) is 12.6 Å². The predicted octanol–water partition coefficient (Wildman–Crippen LogP) is 9.71. The van der Waals surface area contributed by atoms with Crippen molar-refractivity contribution in [2.45, 2.75) is 154 Å². The van der Waals surface area contributed by atoms with Gasteiger partial charge in [-0.15, -0.1) is 0 Å². The number of carboxylic acids is 1. The molecule has 0 aliphatic carbocycles. The van der Waals surface area contributed by atoms with Gasteiger partial charge >= 0.3 is 25.7 Å². The fourth-order valence-electron chi connectivity index (χ4n) is 5.15. The highest BCUT2D eigenvalue weighted by molar-refractivity contribution is 7.47. The second-order valence-corrected chi connectivity index (χ2v) is 15.2. The third-order valence-corrected chi connectivity index (χ3v) is 9.48. The van der Waals surface area contributed by atoms with Gasteiger partial charge in [0.2, 0.25) is 0 Å². The summed E-state index contributed by atoms with van der Waals surface area (Å²) < 4.78 is 38.3. The molecule has 322 valence electrons. The molecule has 0 radical (unpaired) electrons. The molecule has 0 aromatic carbocycles. The number of hydrogen-bond donors (Lipinski definition) is 3. The maximum absolute atomic E-state index is 12.6. The maximum atomic E-state index is 12.6. The van der Waals surface area contributed by atoms with Crippen molar-refractivity contribution in [3.8, 4) is 0 Å². The number of unbranched alkanes of at least 4 members (excludes halogenated alkanes) is 6. The van der Waals surface area contributed by atoms with Gasteiger partial charge in [-0.05, 0) is 89.9 Å². The number of carboxylic acid groups (broad SMARTS) is 1. The zero-order valence-corrected chi connectivity index (χ0v) is 35.2. The molecule has 4 N–H and O–H groups in total. The van der Waals surface area contributed by atoms with Gasteiger partial charge in [-0.1, -0.05) is 112 Å². The first-order valence-corrected chi connectivity index (χ1v) is 22.2. The quantitative estimate of drug-likeness (QED) is 0.0179. The van der Waals surface area contributed by atoms with Gasteiger partial charge in [-0.2, -0.15) is 0 Å². The number of carbonyl (C=O) groups excluding carboxylic acids is 2. The summed E-state index contributed by atoms with van der Waals surface area (Å²) in [6, 6.07) is -1.54. The lowest BCUT2D eigenvalue weighted by Crippen LogP contribution is -2.34. The number of esters is 2. The second kappa shape index (κ2) is 34.6. The van der Waals surface area contributed by atoms with Crippen LogP contribution in [-0.2, 0) is 42.2 Å². The fourth-order valence-corrected chi connectivity index (χ4v) is 5.92. The van der Waals surface area contributed by atoms with Crippen molar-refractivity contribution in [3.05, 3.63) is 85.1 Å². The molecule has 12 nitrogen and oxygen atoms in total. The second-order valence-electron chi connectivity index (χ2n) is 13.8. The van der Waals surface area contributed by atoms with Crippen LogP contribution in [0.3, 0.4) is 0 Å². The van der Waals surface area contributed by atoms with E-state index < -0.39 is 57.7 Å². The third-order valence-electron chi connectivity index (χ3n) is 8.53. The average Bonchev–Trinajstić information content (AvgIpc) is 3.94. The Balaban J connectivity index is 2.39. The lowest BCUT2D eigenvalue weighted by Gasteiger charge is -2.20. The molecular weight excluding hydrogens is 749 g/mol. The summed E-state index contributed by atoms with van der Waals surface area (Å²) in [7, 11) is -4.75. The molecule has 1 rings (SSSR count). The summed E-state index contributed by atoms with van der Waals surface area (Å²) in [5, 5.41) is 8.88. The zero-order valence-electron chi connectivity index (χ0n) is 34.3. The van der Waals surface area contributed by atoms with Crippen LogP contribution in [0.1, 0.15) is 129 Å². The topological polar surface area (TPSA) is 184 Å². The summed E-state index contributed by atoms with van der Waals surface area (Å²) in [6.07, 6.45) is 44.1. The van der Waals surface area contributed by atoms with E-state index in [0.717, 1.165) is 64.2 Å². The van der Waals surface area contributed by atoms with E-state index in [1.807, 2.05) is 12.2 Å². The first-order chi connectivity index (χ1) is 27.6. The van der Waals surface area contributed by atoms with E-state index in [9.17, 15) is 23.8 Å². The molecule has 1 fully saturated rings. The summed E-state index contributed by atoms with van der Waals surface area (Å²) in [4.78, 5) is 45.9. The van der Waals surface area contributed by atoms with Gasteiger partial charge in [0, 0.05) is 12.8 Å². The van der Waals surface area contributed by atoms with Crippen LogP contribution in [0, 0.1) is 0 Å². The number of nitrogens with two attached hydrogens (primary N) is 1. The van der Waals surface area contributed by atoms with Crippen molar-refractivity contribution in [2.24, 2.45) is 5.73 Å². The Morgan fingerprint density at radius 3 is 1.74 bits per heavy atom. The Morgan fingerprint density at radius 1 is 0.649 bits per heavy atom. The van der Waals surface area contributed by atoms with Gasteiger partial charge in [0.15, 0.2) is 6.10 Å². The highest BCUT2D eigenvalue weighted by atomic mass is 31.2. The van der Waals surface area contributed by atoms with Crippen molar-refractivity contribution in [2.75, 3.05) is 19.8 Å². The van der Waals surface area contributed by atoms with E-state index in [-0.39, 0.29) is 12.8 Å². The largest absolute Gasteiger partial charge is 0.480 e. The molecule has 0 amide bonds. The lowest BCUT2D eigenvalue weighted by atomic mass is 10.1. The number of ether oxygens (including phenoxy) is 3. The van der Waals surface area contributed by atoms with Gasteiger partial charge < -0.3 is 29.9 Å². The number of carbonyl (C=O) groups is 3. The van der Waals surface area contributed by atoms with E-state index in [0.29, 0.717) is 31.5 Å². The molecule has 0 bridgehead atoms. The number of phosphoric acid groups is 1. The van der Waals surface area contributed by atoms with Crippen LogP contribution in [0.5, 0.6) is 0 Å². The average molecular weight is 820 g/mol. The Bertz CT molecular complexity index is 1350. The SMILES string of the molecule is CC/C=C\C/C=C\C/C=C\C/C=C\CCCCC(=O)OC[C@H](COP(=O)(O)OC[C@H](N)C(=O)O)OC(=O)CCC/C=C\C/C=C\CC1OC1C/C=C\CCCCC. The van der Waals surface area contributed by atoms with Crippen LogP contribution < -0.4 is 5.73 Å². The minimum Gasteiger partial charge on any atom is -0.480 e. The summed E-state index contributed by atoms with van der Waals surface area (Å²) in [5.74, 6) is -2.53. The van der Waals surface area contributed by atoms with Crippen molar-refractivity contribution in [1.29, 1.82) is 0 Å². The fraction of sp³-hybridized carbons (Fsp3) is 0.614. The normalized spacial score (nSPS) is 18.2. The van der Waals surface area contributed by atoms with Crippen molar-refractivity contribution in [1.82, 2.24) is 0 Å². The highest BCUT2D eigenvalue weighted by Crippen LogP contribution is 2.43. The van der Waals surface area contributed by atoms with E-state index in [1.54, 1.807) is 0 Å². The molecular formula is C44H70NO11P. The molecule has 57 heavy (non-hydrogen) atoms. The molecule has 1 heterocycles. The van der Waals surface area contributed by atoms with E-state index >= 15 is 0 Å². The molecule has 5 atom stereocenters. The number of epoxide rings is 1. The van der Waals surface area contributed by atoms with E-state index in [2.05, 4.69) is 91.3 Å². The Kier molecular flexibility index (Phi) is 31.4. The van der Waals surface area contributed by atoms with Gasteiger partial charge in [-0.3, -0.25) is 23.4 Å². The van der Waals surface area contributed by atoms with Crippen molar-refractivity contribution >= 4 is 25.7 Å². The van der Waals surface area contributed by atoms with Crippen molar-refractivity contribution in [3.63, 3.8) is 0 Å². The minimum absolute atomic E-state index is 0.0656. The Labute approximate surface area is 341 Å². The van der Waals surface area contributed by atoms with Gasteiger partial charge in [-0.25, -0.2) is 4.57 Å². The van der Waals surface area contributed by atoms with Crippen LogP contribution in [0.15, 0.2) is 85.1 Å². The number of hydrogen-bond acceptors (Lipinski definition) is 10. The highest BCUT2D eigenvalue weighted by Gasteiger charge is 2.36. The van der Waals surface area contributed by atoms with Crippen LogP contribution in [-0.4, -0.2) is 72.1 Å². The lowest BCUT2D eigenvalue weighted by molar-refractivity contribution is -0.161. The maximum Gasteiger partial charge on any atom is 0.472 e. The molecule has 0 spiro atoms. The molecule has 13 heteroatoms. The first kappa shape index (κ1) is 51.6. The number of rotatable bonds is 36. The zero-order chi connectivity index (χ0) is 41.8. The van der Waals surface area contributed by atoms with Crippen molar-refractivity contribution < 1.29 is 52.2 Å². The summed E-state index contributed by atoms with van der Waals surface area (Å²) >= 11 is 0. The van der Waals surface area contributed by atoms with Gasteiger partial charge in [0.05, 0.1) is 25.4 Å².